The molecule has 0 aliphatic rings. The molecule has 0 spiro atoms. The molecule has 0 atom stereocenters. The van der Waals surface area contributed by atoms with E-state index < -0.39 is 17.6 Å². The SMILES string of the molecule is Cc1ccc2nc(C)cc(C(=O)NNC(=O)c3ccccc3F)c2c1. The van der Waals surface area contributed by atoms with Gasteiger partial charge in [0.1, 0.15) is 5.82 Å². The first kappa shape index (κ1) is 16.6. The third kappa shape index (κ3) is 3.47. The number of pyridine rings is 1. The number of aryl methyl sites for hydroxylation is 2. The Kier molecular flexibility index (Phi) is 4.43. The smallest absolute Gasteiger partial charge is 0.267 e. The van der Waals surface area contributed by atoms with Crippen LogP contribution < -0.4 is 10.9 Å². The molecular formula is C19H16FN3O2. The highest BCUT2D eigenvalue weighted by molar-refractivity contribution is 6.07. The summed E-state index contributed by atoms with van der Waals surface area (Å²) >= 11 is 0. The van der Waals surface area contributed by atoms with Crippen molar-refractivity contribution in [1.29, 1.82) is 0 Å². The summed E-state index contributed by atoms with van der Waals surface area (Å²) in [7, 11) is 0. The summed E-state index contributed by atoms with van der Waals surface area (Å²) in [6.45, 7) is 3.70. The average Bonchev–Trinajstić information content (AvgIpc) is 2.59. The van der Waals surface area contributed by atoms with E-state index in [-0.39, 0.29) is 5.56 Å². The van der Waals surface area contributed by atoms with Crippen LogP contribution in [0.2, 0.25) is 0 Å². The van der Waals surface area contributed by atoms with Crippen molar-refractivity contribution in [1.82, 2.24) is 15.8 Å². The zero-order valence-electron chi connectivity index (χ0n) is 13.8. The number of amides is 2. The van der Waals surface area contributed by atoms with Gasteiger partial charge in [-0.2, -0.15) is 0 Å². The van der Waals surface area contributed by atoms with E-state index in [4.69, 9.17) is 0 Å². The number of hydrazine groups is 1. The molecule has 0 saturated heterocycles. The van der Waals surface area contributed by atoms with Crippen molar-refractivity contribution in [2.45, 2.75) is 13.8 Å². The molecule has 25 heavy (non-hydrogen) atoms. The van der Waals surface area contributed by atoms with Crippen molar-refractivity contribution in [2.24, 2.45) is 0 Å². The topological polar surface area (TPSA) is 71.1 Å². The second-order valence-corrected chi connectivity index (χ2v) is 5.72. The number of nitrogens with zero attached hydrogens (tertiary/aromatic N) is 1. The average molecular weight is 337 g/mol. The largest absolute Gasteiger partial charge is 0.272 e. The van der Waals surface area contributed by atoms with Crippen molar-refractivity contribution in [2.75, 3.05) is 0 Å². The molecule has 6 heteroatoms. The number of aromatic nitrogens is 1. The van der Waals surface area contributed by atoms with Crippen LogP contribution in [-0.4, -0.2) is 16.8 Å². The van der Waals surface area contributed by atoms with E-state index in [2.05, 4.69) is 15.8 Å². The number of rotatable bonds is 2. The fourth-order valence-electron chi connectivity index (χ4n) is 2.55. The van der Waals surface area contributed by atoms with Crippen molar-refractivity contribution in [3.8, 4) is 0 Å². The third-order valence-electron chi connectivity index (χ3n) is 3.74. The van der Waals surface area contributed by atoms with Crippen LogP contribution in [0, 0.1) is 19.7 Å². The van der Waals surface area contributed by atoms with Crippen LogP contribution in [0.3, 0.4) is 0 Å². The van der Waals surface area contributed by atoms with E-state index in [1.165, 1.54) is 18.2 Å². The van der Waals surface area contributed by atoms with Gasteiger partial charge in [-0.25, -0.2) is 4.39 Å². The molecule has 0 unspecified atom stereocenters. The lowest BCUT2D eigenvalue weighted by atomic mass is 10.0. The van der Waals surface area contributed by atoms with Gasteiger partial charge in [0.2, 0.25) is 0 Å². The molecule has 0 radical (unpaired) electrons. The Balaban J connectivity index is 1.84. The highest BCUT2D eigenvalue weighted by Crippen LogP contribution is 2.20. The van der Waals surface area contributed by atoms with Gasteiger partial charge < -0.3 is 0 Å². The number of fused-ring (bicyclic) bond motifs is 1. The van der Waals surface area contributed by atoms with Crippen LogP contribution in [0.25, 0.3) is 10.9 Å². The summed E-state index contributed by atoms with van der Waals surface area (Å²) < 4.78 is 13.6. The number of benzene rings is 2. The first-order chi connectivity index (χ1) is 12.0. The first-order valence-electron chi connectivity index (χ1n) is 7.69. The van der Waals surface area contributed by atoms with Crippen molar-refractivity contribution < 1.29 is 14.0 Å². The van der Waals surface area contributed by atoms with Crippen LogP contribution in [0.1, 0.15) is 32.0 Å². The number of nitrogens with one attached hydrogen (secondary N) is 2. The van der Waals surface area contributed by atoms with Crippen LogP contribution in [0.15, 0.2) is 48.5 Å². The Labute approximate surface area is 143 Å². The summed E-state index contributed by atoms with van der Waals surface area (Å²) in [4.78, 5) is 28.9. The minimum absolute atomic E-state index is 0.144. The molecule has 3 rings (SSSR count). The van der Waals surface area contributed by atoms with Crippen LogP contribution >= 0.6 is 0 Å². The minimum Gasteiger partial charge on any atom is -0.267 e. The van der Waals surface area contributed by atoms with Gasteiger partial charge in [0.25, 0.3) is 11.8 Å². The van der Waals surface area contributed by atoms with Crippen molar-refractivity contribution in [3.05, 3.63) is 76.7 Å². The monoisotopic (exact) mass is 337 g/mol. The summed E-state index contributed by atoms with van der Waals surface area (Å²) in [5.41, 5.74) is 7.17. The van der Waals surface area contributed by atoms with Gasteiger partial charge in [-0.3, -0.25) is 25.4 Å². The van der Waals surface area contributed by atoms with Crippen molar-refractivity contribution in [3.63, 3.8) is 0 Å². The van der Waals surface area contributed by atoms with Gasteiger partial charge >= 0.3 is 0 Å². The second-order valence-electron chi connectivity index (χ2n) is 5.72. The van der Waals surface area contributed by atoms with Gasteiger partial charge in [0, 0.05) is 11.1 Å². The number of hydrogen-bond acceptors (Lipinski definition) is 3. The fraction of sp³-hybridized carbons (Fsp3) is 0.105. The molecular weight excluding hydrogens is 321 g/mol. The molecule has 1 aromatic heterocycles. The molecule has 126 valence electrons. The molecule has 0 aliphatic carbocycles. The minimum atomic E-state index is -0.724. The predicted octanol–water partition coefficient (Wildman–Crippen LogP) is 3.07. The Morgan fingerprint density at radius 1 is 0.920 bits per heavy atom. The Bertz CT molecular complexity index is 986. The Hall–Kier alpha value is -3.28. The summed E-state index contributed by atoms with van der Waals surface area (Å²) in [6, 6.07) is 12.8. The predicted molar refractivity (Wildman–Crippen MR) is 92.5 cm³/mol. The molecule has 0 bridgehead atoms. The summed E-state index contributed by atoms with van der Waals surface area (Å²) in [5, 5.41) is 0.684. The number of carbonyl (C=O) groups is 2. The van der Waals surface area contributed by atoms with E-state index in [9.17, 15) is 14.0 Å². The lowest BCUT2D eigenvalue weighted by Gasteiger charge is -2.11. The van der Waals surface area contributed by atoms with Crippen LogP contribution in [0.4, 0.5) is 4.39 Å². The molecule has 2 aromatic carbocycles. The summed E-state index contributed by atoms with van der Waals surface area (Å²) in [5.74, 6) is -1.88. The Morgan fingerprint density at radius 3 is 2.32 bits per heavy atom. The van der Waals surface area contributed by atoms with E-state index in [0.29, 0.717) is 22.2 Å². The molecule has 0 fully saturated rings. The second kappa shape index (κ2) is 6.68. The zero-order valence-corrected chi connectivity index (χ0v) is 13.8. The third-order valence-corrected chi connectivity index (χ3v) is 3.74. The zero-order chi connectivity index (χ0) is 18.0. The van der Waals surface area contributed by atoms with Crippen LogP contribution in [0.5, 0.6) is 0 Å². The molecule has 3 aromatic rings. The fourth-order valence-corrected chi connectivity index (χ4v) is 2.55. The number of halogens is 1. The Morgan fingerprint density at radius 2 is 1.60 bits per heavy atom. The van der Waals surface area contributed by atoms with Gasteiger partial charge in [-0.15, -0.1) is 0 Å². The lowest BCUT2D eigenvalue weighted by Crippen LogP contribution is -2.42. The lowest BCUT2D eigenvalue weighted by molar-refractivity contribution is 0.0845. The maximum atomic E-state index is 13.6. The quantitative estimate of drug-likeness (QED) is 0.706. The number of hydrogen-bond donors (Lipinski definition) is 2. The normalized spacial score (nSPS) is 10.5. The standard InChI is InChI=1S/C19H16FN3O2/c1-11-7-8-17-14(9-11)15(10-12(2)21-17)19(25)23-22-18(24)13-5-3-4-6-16(13)20/h3-10H,1-2H3,(H,22,24)(H,23,25). The highest BCUT2D eigenvalue weighted by Gasteiger charge is 2.15. The van der Waals surface area contributed by atoms with Gasteiger partial charge in [0.05, 0.1) is 16.6 Å². The van der Waals surface area contributed by atoms with Gasteiger partial charge in [0.15, 0.2) is 0 Å². The van der Waals surface area contributed by atoms with E-state index in [1.807, 2.05) is 25.1 Å². The highest BCUT2D eigenvalue weighted by atomic mass is 19.1. The van der Waals surface area contributed by atoms with E-state index in [1.54, 1.807) is 19.1 Å². The van der Waals surface area contributed by atoms with Gasteiger partial charge in [-0.05, 0) is 44.2 Å². The first-order valence-corrected chi connectivity index (χ1v) is 7.69. The van der Waals surface area contributed by atoms with E-state index in [0.717, 1.165) is 5.56 Å². The molecule has 0 saturated carbocycles. The molecule has 1 heterocycles. The molecule has 5 nitrogen and oxygen atoms in total. The molecule has 0 aliphatic heterocycles. The van der Waals surface area contributed by atoms with E-state index >= 15 is 0 Å². The van der Waals surface area contributed by atoms with Crippen LogP contribution in [-0.2, 0) is 0 Å². The molecule has 2 amide bonds. The molecule has 2 N–H and O–H groups in total. The van der Waals surface area contributed by atoms with Gasteiger partial charge in [-0.1, -0.05) is 23.8 Å². The maximum absolute atomic E-state index is 13.6. The van der Waals surface area contributed by atoms with Crippen molar-refractivity contribution >= 4 is 22.7 Å². The number of carbonyl (C=O) groups excluding carboxylic acids is 2. The summed E-state index contributed by atoms with van der Waals surface area (Å²) in [6.07, 6.45) is 0. The maximum Gasteiger partial charge on any atom is 0.272 e.